The van der Waals surface area contributed by atoms with Gasteiger partial charge in [-0.2, -0.15) is 8.78 Å². The quantitative estimate of drug-likeness (QED) is 0.872. The molecule has 1 heterocycles. The first-order chi connectivity index (χ1) is 10.1. The maximum Gasteiger partial charge on any atom is 0.387 e. The van der Waals surface area contributed by atoms with Crippen LogP contribution in [0.1, 0.15) is 31.9 Å². The van der Waals surface area contributed by atoms with Crippen molar-refractivity contribution in [1.82, 2.24) is 10.2 Å². The normalized spacial score (nSPS) is 19.5. The van der Waals surface area contributed by atoms with E-state index in [0.29, 0.717) is 5.92 Å². The van der Waals surface area contributed by atoms with E-state index in [1.165, 1.54) is 0 Å². The Balaban J connectivity index is 2.23. The first-order valence-electron chi connectivity index (χ1n) is 7.61. The van der Waals surface area contributed by atoms with Gasteiger partial charge >= 0.3 is 6.61 Å². The Morgan fingerprint density at radius 1 is 1.29 bits per heavy atom. The van der Waals surface area contributed by atoms with Gasteiger partial charge in [-0.3, -0.25) is 4.90 Å². The summed E-state index contributed by atoms with van der Waals surface area (Å²) in [5.41, 5.74) is 1.06. The molecule has 1 aliphatic heterocycles. The average Bonchev–Trinajstić information content (AvgIpc) is 2.48. The zero-order valence-corrected chi connectivity index (χ0v) is 12.7. The van der Waals surface area contributed by atoms with Crippen molar-refractivity contribution in [1.29, 1.82) is 0 Å². The van der Waals surface area contributed by atoms with E-state index in [0.717, 1.165) is 38.2 Å². The number of nitrogens with one attached hydrogen (secondary N) is 1. The lowest BCUT2D eigenvalue weighted by molar-refractivity contribution is -0.0499. The zero-order chi connectivity index (χ0) is 15.2. The topological polar surface area (TPSA) is 24.5 Å². The zero-order valence-electron chi connectivity index (χ0n) is 12.7. The molecule has 0 aromatic heterocycles. The summed E-state index contributed by atoms with van der Waals surface area (Å²) in [5, 5.41) is 3.35. The number of halogens is 2. The van der Waals surface area contributed by atoms with E-state index in [2.05, 4.69) is 28.8 Å². The highest BCUT2D eigenvalue weighted by atomic mass is 19.3. The Morgan fingerprint density at radius 2 is 2.00 bits per heavy atom. The Labute approximate surface area is 125 Å². The number of hydrogen-bond donors (Lipinski definition) is 1. The van der Waals surface area contributed by atoms with Crippen LogP contribution in [0.4, 0.5) is 8.78 Å². The van der Waals surface area contributed by atoms with Crippen LogP contribution in [0.25, 0.3) is 0 Å². The lowest BCUT2D eigenvalue weighted by Crippen LogP contribution is -2.46. The maximum atomic E-state index is 12.4. The van der Waals surface area contributed by atoms with Crippen molar-refractivity contribution >= 4 is 0 Å². The molecule has 0 radical (unpaired) electrons. The first kappa shape index (κ1) is 16.2. The molecule has 0 aliphatic carbocycles. The Bertz CT molecular complexity index is 436. The fourth-order valence-electron chi connectivity index (χ4n) is 2.96. The number of nitrogens with zero attached hydrogens (tertiary/aromatic N) is 1. The second-order valence-corrected chi connectivity index (χ2v) is 5.57. The van der Waals surface area contributed by atoms with Gasteiger partial charge in [0.25, 0.3) is 0 Å². The first-order valence-corrected chi connectivity index (χ1v) is 7.61. The molecule has 1 aromatic carbocycles. The monoisotopic (exact) mass is 298 g/mol. The molecule has 1 unspecified atom stereocenters. The van der Waals surface area contributed by atoms with Crippen LogP contribution in [-0.2, 0) is 0 Å². The van der Waals surface area contributed by atoms with E-state index in [-0.39, 0.29) is 11.8 Å². The minimum Gasteiger partial charge on any atom is -0.435 e. The number of hydrogen-bond acceptors (Lipinski definition) is 3. The summed E-state index contributed by atoms with van der Waals surface area (Å²) >= 11 is 0. The fraction of sp³-hybridized carbons (Fsp3) is 0.625. The molecule has 1 aromatic rings. The van der Waals surface area contributed by atoms with Crippen LogP contribution in [0.2, 0.25) is 0 Å². The van der Waals surface area contributed by atoms with Crippen molar-refractivity contribution < 1.29 is 13.5 Å². The van der Waals surface area contributed by atoms with Gasteiger partial charge in [0.1, 0.15) is 5.75 Å². The third kappa shape index (κ3) is 4.38. The molecule has 21 heavy (non-hydrogen) atoms. The maximum absolute atomic E-state index is 12.4. The molecule has 2 rings (SSSR count). The van der Waals surface area contributed by atoms with Crippen LogP contribution in [0.3, 0.4) is 0 Å². The second kappa shape index (κ2) is 7.71. The SMILES string of the molecule is CCC(C)[C@@H](c1cccc(OC(F)F)c1)N1CCNCC1. The summed E-state index contributed by atoms with van der Waals surface area (Å²) in [6, 6.07) is 7.40. The average molecular weight is 298 g/mol. The highest BCUT2D eigenvalue weighted by Crippen LogP contribution is 2.33. The van der Waals surface area contributed by atoms with Crippen molar-refractivity contribution in [3.8, 4) is 5.75 Å². The van der Waals surface area contributed by atoms with E-state index in [1.807, 2.05) is 6.07 Å². The Hall–Kier alpha value is -1.20. The number of ether oxygens (including phenoxy) is 1. The molecule has 5 heteroatoms. The predicted molar refractivity (Wildman–Crippen MR) is 79.7 cm³/mol. The molecule has 1 saturated heterocycles. The molecular formula is C16H24F2N2O. The summed E-state index contributed by atoms with van der Waals surface area (Å²) in [5.74, 6) is 0.704. The van der Waals surface area contributed by atoms with Crippen molar-refractivity contribution in [2.45, 2.75) is 32.9 Å². The minimum atomic E-state index is -2.78. The van der Waals surface area contributed by atoms with Crippen molar-refractivity contribution in [2.75, 3.05) is 26.2 Å². The Morgan fingerprint density at radius 3 is 2.62 bits per heavy atom. The predicted octanol–water partition coefficient (Wildman–Crippen LogP) is 3.28. The third-order valence-corrected chi connectivity index (χ3v) is 4.15. The highest BCUT2D eigenvalue weighted by molar-refractivity contribution is 5.31. The molecule has 0 bridgehead atoms. The Kier molecular flexibility index (Phi) is 5.94. The fourth-order valence-corrected chi connectivity index (χ4v) is 2.96. The van der Waals surface area contributed by atoms with Gasteiger partial charge in [0.2, 0.25) is 0 Å². The van der Waals surface area contributed by atoms with Gasteiger partial charge in [-0.1, -0.05) is 32.4 Å². The lowest BCUT2D eigenvalue weighted by Gasteiger charge is -2.38. The van der Waals surface area contributed by atoms with Gasteiger partial charge in [0, 0.05) is 32.2 Å². The van der Waals surface area contributed by atoms with Gasteiger partial charge in [0.15, 0.2) is 0 Å². The summed E-state index contributed by atoms with van der Waals surface area (Å²) in [7, 11) is 0. The van der Waals surface area contributed by atoms with Crippen molar-refractivity contribution in [3.63, 3.8) is 0 Å². The van der Waals surface area contributed by atoms with E-state index in [9.17, 15) is 8.78 Å². The van der Waals surface area contributed by atoms with Crippen molar-refractivity contribution in [2.24, 2.45) is 5.92 Å². The molecule has 0 spiro atoms. The van der Waals surface area contributed by atoms with E-state index >= 15 is 0 Å². The molecule has 118 valence electrons. The smallest absolute Gasteiger partial charge is 0.387 e. The number of alkyl halides is 2. The number of piperazine rings is 1. The van der Waals surface area contributed by atoms with Gasteiger partial charge in [0.05, 0.1) is 0 Å². The van der Waals surface area contributed by atoms with Gasteiger partial charge < -0.3 is 10.1 Å². The number of rotatable bonds is 6. The molecule has 1 fully saturated rings. The standard InChI is InChI=1S/C16H24F2N2O/c1-3-12(2)15(20-9-7-19-8-10-20)13-5-4-6-14(11-13)21-16(17)18/h4-6,11-12,15-16,19H,3,7-10H2,1-2H3/t12?,15-/m0/s1. The van der Waals surface area contributed by atoms with Gasteiger partial charge in [-0.15, -0.1) is 0 Å². The highest BCUT2D eigenvalue weighted by Gasteiger charge is 2.26. The van der Waals surface area contributed by atoms with Crippen LogP contribution in [0.15, 0.2) is 24.3 Å². The molecule has 2 atom stereocenters. The third-order valence-electron chi connectivity index (χ3n) is 4.15. The van der Waals surface area contributed by atoms with E-state index in [1.54, 1.807) is 18.2 Å². The molecule has 0 amide bonds. The van der Waals surface area contributed by atoms with Crippen LogP contribution in [0, 0.1) is 5.92 Å². The van der Waals surface area contributed by atoms with Gasteiger partial charge in [-0.25, -0.2) is 0 Å². The largest absolute Gasteiger partial charge is 0.435 e. The minimum absolute atomic E-state index is 0.242. The summed E-state index contributed by atoms with van der Waals surface area (Å²) in [6.45, 7) is 5.51. The molecule has 0 saturated carbocycles. The summed E-state index contributed by atoms with van der Waals surface area (Å²) < 4.78 is 29.3. The summed E-state index contributed by atoms with van der Waals surface area (Å²) in [6.07, 6.45) is 1.05. The van der Waals surface area contributed by atoms with Crippen LogP contribution in [-0.4, -0.2) is 37.7 Å². The molecule has 3 nitrogen and oxygen atoms in total. The molecular weight excluding hydrogens is 274 g/mol. The molecule has 1 N–H and O–H groups in total. The van der Waals surface area contributed by atoms with Crippen LogP contribution in [0.5, 0.6) is 5.75 Å². The van der Waals surface area contributed by atoms with Crippen molar-refractivity contribution in [3.05, 3.63) is 29.8 Å². The summed E-state index contributed by atoms with van der Waals surface area (Å²) in [4.78, 5) is 2.44. The second-order valence-electron chi connectivity index (χ2n) is 5.57. The van der Waals surface area contributed by atoms with Crippen LogP contribution < -0.4 is 10.1 Å². The number of benzene rings is 1. The molecule has 1 aliphatic rings. The lowest BCUT2D eigenvalue weighted by atomic mass is 9.90. The van der Waals surface area contributed by atoms with E-state index in [4.69, 9.17) is 0 Å². The van der Waals surface area contributed by atoms with Crippen LogP contribution >= 0.6 is 0 Å². The van der Waals surface area contributed by atoms with E-state index < -0.39 is 6.61 Å². The van der Waals surface area contributed by atoms with Gasteiger partial charge in [-0.05, 0) is 23.6 Å².